The molecule has 3 amide bonds. The summed E-state index contributed by atoms with van der Waals surface area (Å²) in [5, 5.41) is 15.6. The zero-order valence-electron chi connectivity index (χ0n) is 18.8. The maximum absolute atomic E-state index is 13.5. The van der Waals surface area contributed by atoms with Gasteiger partial charge in [-0.25, -0.2) is 0 Å². The summed E-state index contributed by atoms with van der Waals surface area (Å²) in [5.41, 5.74) is 0. The third-order valence-electron chi connectivity index (χ3n) is 6.93. The molecule has 0 aromatic rings. The molecule has 9 nitrogen and oxygen atoms in total. The van der Waals surface area contributed by atoms with E-state index in [1.54, 1.807) is 7.05 Å². The van der Waals surface area contributed by atoms with Crippen LogP contribution in [0.4, 0.5) is 0 Å². The Balaban J connectivity index is 1.80. The lowest BCUT2D eigenvalue weighted by atomic mass is 9.70. The van der Waals surface area contributed by atoms with E-state index >= 15 is 0 Å². The van der Waals surface area contributed by atoms with Crippen LogP contribution in [-0.2, 0) is 19.1 Å². The minimum absolute atomic E-state index is 0.107. The fraction of sp³-hybridized carbons (Fsp3) is 0.773. The Morgan fingerprint density at radius 1 is 1.26 bits per heavy atom. The van der Waals surface area contributed by atoms with Gasteiger partial charge in [-0.15, -0.1) is 0 Å². The summed E-state index contributed by atoms with van der Waals surface area (Å²) < 4.78 is 5.35. The van der Waals surface area contributed by atoms with Crippen molar-refractivity contribution in [3.05, 3.63) is 12.2 Å². The first kappa shape index (κ1) is 23.7. The third-order valence-corrected chi connectivity index (χ3v) is 6.93. The molecule has 2 heterocycles. The molecule has 0 aromatic carbocycles. The van der Waals surface area contributed by atoms with Crippen molar-refractivity contribution in [3.63, 3.8) is 0 Å². The number of carbonyl (C=O) groups excluding carboxylic acids is 3. The molecule has 0 spiro atoms. The fourth-order valence-electron chi connectivity index (χ4n) is 5.18. The number of aliphatic hydroxyl groups excluding tert-OH is 1. The molecule has 0 saturated carbocycles. The molecule has 31 heavy (non-hydrogen) atoms. The molecule has 6 atom stereocenters. The Morgan fingerprint density at radius 2 is 1.97 bits per heavy atom. The highest BCUT2D eigenvalue weighted by molar-refractivity contribution is 5.97. The Morgan fingerprint density at radius 3 is 2.58 bits per heavy atom. The van der Waals surface area contributed by atoms with Gasteiger partial charge in [-0.3, -0.25) is 19.3 Å². The number of nitrogens with zero attached hydrogens (tertiary/aromatic N) is 2. The van der Waals surface area contributed by atoms with E-state index in [1.165, 1.54) is 4.90 Å². The van der Waals surface area contributed by atoms with Crippen LogP contribution in [0.5, 0.6) is 0 Å². The third kappa shape index (κ3) is 4.78. The highest BCUT2D eigenvalue weighted by Gasteiger charge is 2.57. The standard InChI is InChI=1S/C22H36N4O5/c1-4-15(13-27)26-19(21(29)24-7-8-25-9-11-31-12-10-25)16-6-5-14(2)17(20(28)23-3)18(16)22(26)30/h5-6,14-19,27H,4,7-13H2,1-3H3,(H,23,28)(H,24,29)/t14-,15+,16+,17-,18+,19+/m1/s1. The molecule has 0 radical (unpaired) electrons. The molecule has 3 rings (SSSR count). The van der Waals surface area contributed by atoms with Crippen LogP contribution in [0.25, 0.3) is 0 Å². The smallest absolute Gasteiger partial charge is 0.243 e. The largest absolute Gasteiger partial charge is 0.394 e. The summed E-state index contributed by atoms with van der Waals surface area (Å²) in [5.74, 6) is -2.27. The number of fused-ring (bicyclic) bond motifs is 1. The SMILES string of the molecule is CC[C@@H](CO)N1C(=O)[C@H]2[C@H](C=C[C@@H](C)[C@H]2C(=O)NC)[C@H]1C(=O)NCCN1CCOCC1. The first-order valence-corrected chi connectivity index (χ1v) is 11.3. The monoisotopic (exact) mass is 436 g/mol. The number of carbonyl (C=O) groups is 3. The number of likely N-dealkylation sites (tertiary alicyclic amines) is 1. The number of nitrogens with one attached hydrogen (secondary N) is 2. The Bertz CT molecular complexity index is 689. The fourth-order valence-corrected chi connectivity index (χ4v) is 5.18. The van der Waals surface area contributed by atoms with Crippen molar-refractivity contribution in [2.24, 2.45) is 23.7 Å². The summed E-state index contributed by atoms with van der Waals surface area (Å²) in [6.07, 6.45) is 4.39. The Labute approximate surface area is 184 Å². The van der Waals surface area contributed by atoms with Gasteiger partial charge in [-0.05, 0) is 12.3 Å². The van der Waals surface area contributed by atoms with E-state index in [1.807, 2.05) is 26.0 Å². The maximum atomic E-state index is 13.5. The van der Waals surface area contributed by atoms with Crippen molar-refractivity contribution in [2.75, 3.05) is 53.0 Å². The summed E-state index contributed by atoms with van der Waals surface area (Å²) >= 11 is 0. The molecule has 0 bridgehead atoms. The van der Waals surface area contributed by atoms with E-state index in [0.717, 1.165) is 19.6 Å². The zero-order valence-corrected chi connectivity index (χ0v) is 18.8. The molecule has 174 valence electrons. The van der Waals surface area contributed by atoms with Crippen molar-refractivity contribution < 1.29 is 24.2 Å². The van der Waals surface area contributed by atoms with E-state index in [0.29, 0.717) is 26.2 Å². The first-order valence-electron chi connectivity index (χ1n) is 11.3. The zero-order chi connectivity index (χ0) is 22.5. The van der Waals surface area contributed by atoms with Gasteiger partial charge in [-0.1, -0.05) is 26.0 Å². The highest BCUT2D eigenvalue weighted by Crippen LogP contribution is 2.44. The molecule has 2 fully saturated rings. The van der Waals surface area contributed by atoms with E-state index in [-0.39, 0.29) is 30.2 Å². The van der Waals surface area contributed by atoms with E-state index in [2.05, 4.69) is 15.5 Å². The number of hydrogen-bond acceptors (Lipinski definition) is 6. The van der Waals surface area contributed by atoms with Crippen molar-refractivity contribution in [1.29, 1.82) is 0 Å². The predicted octanol–water partition coefficient (Wildman–Crippen LogP) is -0.783. The van der Waals surface area contributed by atoms with E-state index in [4.69, 9.17) is 4.74 Å². The van der Waals surface area contributed by atoms with Crippen molar-refractivity contribution in [2.45, 2.75) is 32.4 Å². The molecule has 2 aliphatic heterocycles. The highest BCUT2D eigenvalue weighted by atomic mass is 16.5. The van der Waals surface area contributed by atoms with E-state index < -0.39 is 29.8 Å². The van der Waals surface area contributed by atoms with Gasteiger partial charge >= 0.3 is 0 Å². The molecular weight excluding hydrogens is 400 g/mol. The van der Waals surface area contributed by atoms with E-state index in [9.17, 15) is 19.5 Å². The van der Waals surface area contributed by atoms with Gasteiger partial charge in [0.25, 0.3) is 0 Å². The average Bonchev–Trinajstić information content (AvgIpc) is 3.07. The lowest BCUT2D eigenvalue weighted by molar-refractivity contribution is -0.143. The van der Waals surface area contributed by atoms with Crippen molar-refractivity contribution >= 4 is 17.7 Å². The Kier molecular flexibility index (Phi) is 8.07. The van der Waals surface area contributed by atoms with Crippen molar-refractivity contribution in [1.82, 2.24) is 20.4 Å². The average molecular weight is 437 g/mol. The second kappa shape index (κ2) is 10.6. The van der Waals surface area contributed by atoms with Gasteiger partial charge in [0.05, 0.1) is 37.7 Å². The van der Waals surface area contributed by atoms with Gasteiger partial charge in [-0.2, -0.15) is 0 Å². The Hall–Kier alpha value is -1.97. The number of allylic oxidation sites excluding steroid dienone is 1. The molecule has 1 aliphatic carbocycles. The number of hydrogen-bond donors (Lipinski definition) is 3. The summed E-state index contributed by atoms with van der Waals surface area (Å²) in [6, 6.07) is -1.18. The summed E-state index contributed by atoms with van der Waals surface area (Å²) in [4.78, 5) is 43.2. The molecule has 3 aliphatic rings. The van der Waals surface area contributed by atoms with Gasteiger partial charge in [0.1, 0.15) is 6.04 Å². The van der Waals surface area contributed by atoms with Gasteiger partial charge in [0.2, 0.25) is 17.7 Å². The predicted molar refractivity (Wildman–Crippen MR) is 115 cm³/mol. The lowest BCUT2D eigenvalue weighted by Crippen LogP contribution is -2.53. The number of amides is 3. The molecule has 9 heteroatoms. The summed E-state index contributed by atoms with van der Waals surface area (Å²) in [7, 11) is 1.57. The molecular formula is C22H36N4O5. The topological polar surface area (TPSA) is 111 Å². The number of morpholine rings is 1. The molecule has 2 saturated heterocycles. The molecule has 3 N–H and O–H groups in total. The number of ether oxygens (including phenoxy) is 1. The van der Waals surface area contributed by atoms with Crippen LogP contribution in [0.2, 0.25) is 0 Å². The van der Waals surface area contributed by atoms with Crippen LogP contribution < -0.4 is 10.6 Å². The van der Waals surface area contributed by atoms with Crippen LogP contribution in [0.1, 0.15) is 20.3 Å². The van der Waals surface area contributed by atoms with Crippen LogP contribution in [0.15, 0.2) is 12.2 Å². The maximum Gasteiger partial charge on any atom is 0.243 e. The van der Waals surface area contributed by atoms with Crippen LogP contribution in [-0.4, -0.2) is 97.8 Å². The molecule has 0 unspecified atom stereocenters. The second-order valence-electron chi connectivity index (χ2n) is 8.67. The summed E-state index contributed by atoms with van der Waals surface area (Å²) in [6.45, 7) is 7.85. The second-order valence-corrected chi connectivity index (χ2v) is 8.67. The lowest BCUT2D eigenvalue weighted by Gasteiger charge is -2.33. The minimum Gasteiger partial charge on any atom is -0.394 e. The van der Waals surface area contributed by atoms with Crippen LogP contribution in [0, 0.1) is 23.7 Å². The molecule has 0 aromatic heterocycles. The minimum atomic E-state index is -0.727. The van der Waals surface area contributed by atoms with Gasteiger partial charge < -0.3 is 25.4 Å². The van der Waals surface area contributed by atoms with Gasteiger partial charge in [0.15, 0.2) is 0 Å². The number of rotatable bonds is 8. The van der Waals surface area contributed by atoms with Crippen LogP contribution >= 0.6 is 0 Å². The van der Waals surface area contributed by atoms with Crippen LogP contribution in [0.3, 0.4) is 0 Å². The first-order chi connectivity index (χ1) is 14.9. The quantitative estimate of drug-likeness (QED) is 0.431. The normalized spacial score (nSPS) is 31.9. The van der Waals surface area contributed by atoms with Gasteiger partial charge in [0, 0.05) is 39.1 Å². The number of aliphatic hydroxyl groups is 1. The van der Waals surface area contributed by atoms with Crippen molar-refractivity contribution in [3.8, 4) is 0 Å².